The van der Waals surface area contributed by atoms with Crippen LogP contribution in [0.1, 0.15) is 0 Å². The van der Waals surface area contributed by atoms with Crippen LogP contribution in [0, 0.1) is 0 Å². The molecule has 0 atom stereocenters. The zero-order valence-corrected chi connectivity index (χ0v) is 6.16. The molecule has 0 aromatic carbocycles. The third-order valence-corrected chi connectivity index (χ3v) is 0. The zero-order chi connectivity index (χ0) is 4.00. The van der Waals surface area contributed by atoms with Gasteiger partial charge >= 0.3 is 63.4 Å². The molecule has 5 heteroatoms. The van der Waals surface area contributed by atoms with Gasteiger partial charge in [0.25, 0.3) is 0 Å². The topological polar surface area (TPSA) is 0 Å². The molecule has 0 saturated heterocycles. The number of hydrogen-bond donors (Lipinski definition) is 0. The molecule has 0 nitrogen and oxygen atoms in total. The van der Waals surface area contributed by atoms with Gasteiger partial charge in [-0.25, -0.2) is 0 Å². The molecular weight excluding hydrogens is 223 g/mol. The summed E-state index contributed by atoms with van der Waals surface area (Å²) in [4.78, 5) is 0. The first-order valence-electron chi connectivity index (χ1n) is 0.246. The van der Waals surface area contributed by atoms with Gasteiger partial charge in [-0.2, -0.15) is 0 Å². The Morgan fingerprint density at radius 3 is 0.800 bits per heavy atom. The first kappa shape index (κ1) is 15.8. The van der Waals surface area contributed by atoms with E-state index in [1.165, 1.54) is 0 Å². The van der Waals surface area contributed by atoms with Gasteiger partial charge in [0.15, 0.2) is 0 Å². The van der Waals surface area contributed by atoms with Crippen molar-refractivity contribution >= 4 is 34.6 Å². The van der Waals surface area contributed by atoms with E-state index in [0.717, 1.165) is 0 Å². The molecule has 40 valence electrons. The first-order chi connectivity index (χ1) is 2.00. The third kappa shape index (κ3) is 25.5. The van der Waals surface area contributed by atoms with Crippen molar-refractivity contribution in [1.29, 1.82) is 0 Å². The van der Waals surface area contributed by atoms with Crippen molar-refractivity contribution < 1.29 is 28.8 Å². The maximum atomic E-state index is 3.77. The van der Waals surface area contributed by atoms with Gasteiger partial charge in [-0.1, -0.05) is 0 Å². The molecule has 0 aromatic rings. The Bertz CT molecular complexity index is 6.85. The molecule has 0 heterocycles. The molecule has 0 aliphatic carbocycles. The molecule has 0 aliphatic heterocycles. The molecule has 0 aliphatic rings. The minimum absolute atomic E-state index is 0. The summed E-state index contributed by atoms with van der Waals surface area (Å²) in [5.41, 5.74) is 0. The van der Waals surface area contributed by atoms with Crippen LogP contribution in [-0.2, 0) is 42.3 Å². The van der Waals surface area contributed by atoms with E-state index < -0.39 is 0 Å². The van der Waals surface area contributed by atoms with Gasteiger partial charge in [0.05, 0.1) is 0 Å². The zero-order valence-electron chi connectivity index (χ0n) is 1.83. The van der Waals surface area contributed by atoms with Crippen molar-refractivity contribution in [1.82, 2.24) is 0 Å². The van der Waals surface area contributed by atoms with E-state index in [-0.39, 0.29) is 13.5 Å². The van der Waals surface area contributed by atoms with Crippen LogP contribution >= 0.6 is 21.1 Å². The fraction of sp³-hybridized carbons (Fsp3) is 0. The second-order valence-electron chi connectivity index (χ2n) is 0. The fourth-order valence-corrected chi connectivity index (χ4v) is 0. The maximum absolute atomic E-state index is 3.77. The molecule has 0 N–H and O–H groups in total. The van der Waals surface area contributed by atoms with Gasteiger partial charge in [0.1, 0.15) is 0 Å². The fourth-order valence-electron chi connectivity index (χ4n) is 0. The molecular formula is Cu2S3. The van der Waals surface area contributed by atoms with E-state index in [0.29, 0.717) is 0 Å². The predicted octanol–water partition coefficient (Wildman–Crippen LogP) is 1.29. The van der Waals surface area contributed by atoms with Crippen LogP contribution in [0.2, 0.25) is 0 Å². The van der Waals surface area contributed by atoms with Gasteiger partial charge in [-0.15, -0.1) is 0 Å². The summed E-state index contributed by atoms with van der Waals surface area (Å²) < 4.78 is 0. The molecule has 4 radical (unpaired) electrons. The van der Waals surface area contributed by atoms with E-state index in [9.17, 15) is 0 Å². The van der Waals surface area contributed by atoms with Gasteiger partial charge in [0.2, 0.25) is 0 Å². The van der Waals surface area contributed by atoms with Crippen molar-refractivity contribution in [3.05, 3.63) is 0 Å². The summed E-state index contributed by atoms with van der Waals surface area (Å²) >= 11 is 7.54. The van der Waals surface area contributed by atoms with E-state index in [1.807, 2.05) is 0 Å². The predicted molar refractivity (Wildman–Crippen MR) is 22.5 cm³/mol. The Labute approximate surface area is 62.9 Å². The molecule has 0 spiro atoms. The van der Waals surface area contributed by atoms with E-state index in [2.05, 4.69) is 49.9 Å². The molecule has 0 rings (SSSR count). The Balaban J connectivity index is -0.0000000133. The quantitative estimate of drug-likeness (QED) is 0.568. The van der Waals surface area contributed by atoms with Gasteiger partial charge in [-0.3, -0.25) is 0 Å². The SMILES string of the molecule is [S+2].[S]=[Cu-].[S]=[Cu-]. The van der Waals surface area contributed by atoms with E-state index in [1.54, 1.807) is 0 Å². The molecule has 0 amide bonds. The summed E-state index contributed by atoms with van der Waals surface area (Å²) in [6.45, 7) is 0. The van der Waals surface area contributed by atoms with Gasteiger partial charge in [-0.05, 0) is 0 Å². The Hall–Kier alpha value is 1.83. The average molecular weight is 223 g/mol. The van der Waals surface area contributed by atoms with Gasteiger partial charge in [0, 0.05) is 0 Å². The first-order valence-corrected chi connectivity index (χ1v) is 3.05. The summed E-state index contributed by atoms with van der Waals surface area (Å²) in [7, 11) is 7.29. The van der Waals surface area contributed by atoms with Crippen molar-refractivity contribution in [3.63, 3.8) is 0 Å². The number of rotatable bonds is 0. The van der Waals surface area contributed by atoms with Crippen molar-refractivity contribution in [3.8, 4) is 0 Å². The average Bonchev–Trinajstić information content (AvgIpc) is 1.50. The summed E-state index contributed by atoms with van der Waals surface area (Å²) in [6.07, 6.45) is 0. The number of hydrogen-bond acceptors (Lipinski definition) is 2. The Morgan fingerprint density at radius 1 is 0.800 bits per heavy atom. The van der Waals surface area contributed by atoms with Crippen LogP contribution in [-0.4, -0.2) is 0 Å². The van der Waals surface area contributed by atoms with Crippen molar-refractivity contribution in [2.75, 3.05) is 0 Å². The van der Waals surface area contributed by atoms with E-state index >= 15 is 0 Å². The summed E-state index contributed by atoms with van der Waals surface area (Å²) in [5.74, 6) is 0. The van der Waals surface area contributed by atoms with Crippen molar-refractivity contribution in [2.45, 2.75) is 0 Å². The Morgan fingerprint density at radius 2 is 0.800 bits per heavy atom. The molecule has 0 saturated carbocycles. The molecule has 5 heavy (non-hydrogen) atoms. The normalized spacial score (nSPS) is 2.40. The third-order valence-electron chi connectivity index (χ3n) is 0. The van der Waals surface area contributed by atoms with Crippen LogP contribution in [0.4, 0.5) is 0 Å². The van der Waals surface area contributed by atoms with Crippen LogP contribution in [0.5, 0.6) is 0 Å². The molecule has 0 bridgehead atoms. The second-order valence-corrected chi connectivity index (χ2v) is 0. The summed E-state index contributed by atoms with van der Waals surface area (Å²) in [5, 5.41) is 0. The van der Waals surface area contributed by atoms with Crippen LogP contribution in [0.15, 0.2) is 0 Å². The van der Waals surface area contributed by atoms with Crippen LogP contribution in [0.3, 0.4) is 0 Å². The Kier molecular flexibility index (Phi) is 129. The van der Waals surface area contributed by atoms with Gasteiger partial charge < -0.3 is 0 Å². The minimum atomic E-state index is 0. The monoisotopic (exact) mass is 222 g/mol. The van der Waals surface area contributed by atoms with Crippen LogP contribution in [0.25, 0.3) is 0 Å². The molecule has 0 fully saturated rings. The van der Waals surface area contributed by atoms with Crippen LogP contribution < -0.4 is 0 Å². The second kappa shape index (κ2) is 40.6. The molecule has 0 aromatic heterocycles. The molecule has 0 unspecified atom stereocenters. The van der Waals surface area contributed by atoms with Crippen molar-refractivity contribution in [2.24, 2.45) is 0 Å². The van der Waals surface area contributed by atoms with E-state index in [4.69, 9.17) is 0 Å². The standard InChI is InChI=1S/2Cu.3S/q2*-1;;;+2. The summed E-state index contributed by atoms with van der Waals surface area (Å²) in [6, 6.07) is 0.